The smallest absolute Gasteiger partial charge is 0.147 e. The summed E-state index contributed by atoms with van der Waals surface area (Å²) in [5.41, 5.74) is 0. The lowest BCUT2D eigenvalue weighted by atomic mass is 10.6. The summed E-state index contributed by atoms with van der Waals surface area (Å²) in [4.78, 5) is 0. The maximum Gasteiger partial charge on any atom is 0.147 e. The fourth-order valence-electron chi connectivity index (χ4n) is 0.548. The molecule has 0 fully saturated rings. The van der Waals surface area contributed by atoms with Crippen molar-refractivity contribution in [3.05, 3.63) is 12.3 Å². The van der Waals surface area contributed by atoms with Crippen LogP contribution in [0, 0.1) is 0 Å². The van der Waals surface area contributed by atoms with E-state index in [4.69, 9.17) is 0 Å². The molecule has 10 heavy (non-hydrogen) atoms. The maximum absolute atomic E-state index is 4.03. The largest absolute Gasteiger partial charge is 0.372 e. The molecule has 0 aliphatic rings. The Morgan fingerprint density at radius 3 is 2.30 bits per heavy atom. The van der Waals surface area contributed by atoms with Gasteiger partial charge in [0.1, 0.15) is 5.82 Å². The summed E-state index contributed by atoms with van der Waals surface area (Å²) in [5, 5.41) is 6.95. The summed E-state index contributed by atoms with van der Waals surface area (Å²) in [6.45, 7) is 4.00. The number of aryl methyl sites for hydroxylation is 1. The first kappa shape index (κ1) is 9.01. The van der Waals surface area contributed by atoms with E-state index in [1.807, 2.05) is 40.2 Å². The highest BCUT2D eigenvalue weighted by atomic mass is 15.3. The van der Waals surface area contributed by atoms with Gasteiger partial charge >= 0.3 is 0 Å². The molecule has 1 aromatic rings. The van der Waals surface area contributed by atoms with Crippen LogP contribution in [0.25, 0.3) is 0 Å². The highest BCUT2D eigenvalue weighted by Crippen LogP contribution is 1.96. The summed E-state index contributed by atoms with van der Waals surface area (Å²) < 4.78 is 1.76. The minimum absolute atomic E-state index is 0.910. The molecule has 1 aromatic heterocycles. The van der Waals surface area contributed by atoms with Crippen LogP contribution >= 0.6 is 0 Å². The van der Waals surface area contributed by atoms with Crippen molar-refractivity contribution in [2.75, 3.05) is 12.4 Å². The second-order valence-electron chi connectivity index (χ2n) is 1.62. The van der Waals surface area contributed by atoms with Gasteiger partial charge in [0.15, 0.2) is 0 Å². The molecule has 0 saturated carbocycles. The van der Waals surface area contributed by atoms with Crippen LogP contribution in [0.15, 0.2) is 12.3 Å². The Hall–Kier alpha value is -0.990. The molecule has 1 heterocycles. The molecule has 3 nitrogen and oxygen atoms in total. The molecular formula is C7H15N3. The van der Waals surface area contributed by atoms with Gasteiger partial charge in [0.25, 0.3) is 0 Å². The summed E-state index contributed by atoms with van der Waals surface area (Å²) in [7, 11) is 3.74. The summed E-state index contributed by atoms with van der Waals surface area (Å²) in [6.07, 6.45) is 1.89. The fraction of sp³-hybridized carbons (Fsp3) is 0.571. The van der Waals surface area contributed by atoms with E-state index in [9.17, 15) is 0 Å². The van der Waals surface area contributed by atoms with Crippen molar-refractivity contribution in [2.45, 2.75) is 13.8 Å². The van der Waals surface area contributed by atoms with Gasteiger partial charge in [0, 0.05) is 26.4 Å². The van der Waals surface area contributed by atoms with Crippen LogP contribution in [0.5, 0.6) is 0 Å². The van der Waals surface area contributed by atoms with Crippen LogP contribution in [-0.4, -0.2) is 16.8 Å². The lowest BCUT2D eigenvalue weighted by Gasteiger charge is -1.87. The second kappa shape index (κ2) is 4.85. The predicted octanol–water partition coefficient (Wildman–Crippen LogP) is 1.49. The van der Waals surface area contributed by atoms with Crippen molar-refractivity contribution in [1.82, 2.24) is 9.78 Å². The Bertz CT molecular complexity index is 169. The Morgan fingerprint density at radius 1 is 1.50 bits per heavy atom. The minimum Gasteiger partial charge on any atom is -0.372 e. The molecule has 0 saturated heterocycles. The standard InChI is InChI=1S/C5H9N3.C2H6/c1-6-5-3-4-8(2)7-5;1-2/h3-4H,1-2H3,(H,6,7);1-2H3. The topological polar surface area (TPSA) is 29.9 Å². The average molecular weight is 141 g/mol. The zero-order valence-electron chi connectivity index (χ0n) is 7.05. The van der Waals surface area contributed by atoms with Crippen molar-refractivity contribution >= 4 is 5.82 Å². The zero-order chi connectivity index (χ0) is 7.98. The Labute approximate surface area is 62.1 Å². The second-order valence-corrected chi connectivity index (χ2v) is 1.62. The highest BCUT2D eigenvalue weighted by Gasteiger charge is 1.86. The molecule has 58 valence electrons. The number of hydrogen-bond donors (Lipinski definition) is 1. The number of aromatic nitrogens is 2. The van der Waals surface area contributed by atoms with Crippen LogP contribution in [0.3, 0.4) is 0 Å². The van der Waals surface area contributed by atoms with Gasteiger partial charge in [0.2, 0.25) is 0 Å². The Balaban J connectivity index is 0.000000371. The number of anilines is 1. The predicted molar refractivity (Wildman–Crippen MR) is 44.1 cm³/mol. The molecule has 0 amide bonds. The van der Waals surface area contributed by atoms with Crippen molar-refractivity contribution in [1.29, 1.82) is 0 Å². The molecule has 0 aromatic carbocycles. The molecule has 0 atom stereocenters. The first-order valence-corrected chi connectivity index (χ1v) is 3.50. The van der Waals surface area contributed by atoms with Gasteiger partial charge in [-0.05, 0) is 0 Å². The van der Waals surface area contributed by atoms with Gasteiger partial charge in [0.05, 0.1) is 0 Å². The zero-order valence-corrected chi connectivity index (χ0v) is 7.05. The van der Waals surface area contributed by atoms with Crippen molar-refractivity contribution in [3.63, 3.8) is 0 Å². The van der Waals surface area contributed by atoms with Crippen molar-refractivity contribution in [3.8, 4) is 0 Å². The number of hydrogen-bond acceptors (Lipinski definition) is 2. The van der Waals surface area contributed by atoms with E-state index in [0.717, 1.165) is 5.82 Å². The SMILES string of the molecule is CC.CNc1ccn(C)n1. The van der Waals surface area contributed by atoms with E-state index in [-0.39, 0.29) is 0 Å². The van der Waals surface area contributed by atoms with E-state index in [1.54, 1.807) is 4.68 Å². The molecule has 1 rings (SSSR count). The summed E-state index contributed by atoms with van der Waals surface area (Å²) in [5.74, 6) is 0.910. The molecule has 1 N–H and O–H groups in total. The van der Waals surface area contributed by atoms with Gasteiger partial charge in [-0.3, -0.25) is 4.68 Å². The third kappa shape index (κ3) is 2.53. The van der Waals surface area contributed by atoms with Crippen molar-refractivity contribution < 1.29 is 0 Å². The maximum atomic E-state index is 4.03. The first-order chi connectivity index (χ1) is 4.83. The van der Waals surface area contributed by atoms with Crippen molar-refractivity contribution in [2.24, 2.45) is 7.05 Å². The van der Waals surface area contributed by atoms with E-state index < -0.39 is 0 Å². The van der Waals surface area contributed by atoms with Gasteiger partial charge in [-0.25, -0.2) is 0 Å². The number of nitrogens with zero attached hydrogens (tertiary/aromatic N) is 2. The number of nitrogens with one attached hydrogen (secondary N) is 1. The van der Waals surface area contributed by atoms with Crippen LogP contribution in [-0.2, 0) is 7.05 Å². The molecule has 3 heteroatoms. The summed E-state index contributed by atoms with van der Waals surface area (Å²) in [6, 6.07) is 1.92. The Morgan fingerprint density at radius 2 is 2.10 bits per heavy atom. The van der Waals surface area contributed by atoms with Crippen LogP contribution in [0.1, 0.15) is 13.8 Å². The average Bonchev–Trinajstić information content (AvgIpc) is 2.40. The monoisotopic (exact) mass is 141 g/mol. The molecular weight excluding hydrogens is 126 g/mol. The van der Waals surface area contributed by atoms with E-state index in [2.05, 4.69) is 10.4 Å². The summed E-state index contributed by atoms with van der Waals surface area (Å²) >= 11 is 0. The fourth-order valence-corrected chi connectivity index (χ4v) is 0.548. The molecule has 0 unspecified atom stereocenters. The quantitative estimate of drug-likeness (QED) is 0.642. The van der Waals surface area contributed by atoms with E-state index in [0.29, 0.717) is 0 Å². The molecule has 0 radical (unpaired) electrons. The van der Waals surface area contributed by atoms with Crippen LogP contribution < -0.4 is 5.32 Å². The highest BCUT2D eigenvalue weighted by molar-refractivity contribution is 5.30. The van der Waals surface area contributed by atoms with Gasteiger partial charge < -0.3 is 5.32 Å². The van der Waals surface area contributed by atoms with E-state index in [1.165, 1.54) is 0 Å². The van der Waals surface area contributed by atoms with Gasteiger partial charge in [-0.1, -0.05) is 13.8 Å². The minimum atomic E-state index is 0.910. The normalized spacial score (nSPS) is 8.00. The molecule has 0 spiro atoms. The molecule has 0 bridgehead atoms. The van der Waals surface area contributed by atoms with Crippen LogP contribution in [0.4, 0.5) is 5.82 Å². The lowest BCUT2D eigenvalue weighted by molar-refractivity contribution is 0.770. The van der Waals surface area contributed by atoms with Crippen LogP contribution in [0.2, 0.25) is 0 Å². The van der Waals surface area contributed by atoms with E-state index >= 15 is 0 Å². The van der Waals surface area contributed by atoms with Gasteiger partial charge in [-0.2, -0.15) is 5.10 Å². The third-order valence-corrected chi connectivity index (χ3v) is 0.970. The lowest BCUT2D eigenvalue weighted by Crippen LogP contribution is -1.91. The molecule has 0 aliphatic carbocycles. The number of rotatable bonds is 1. The Kier molecular flexibility index (Phi) is 4.37. The molecule has 0 aliphatic heterocycles. The third-order valence-electron chi connectivity index (χ3n) is 0.970. The van der Waals surface area contributed by atoms with Gasteiger partial charge in [-0.15, -0.1) is 0 Å². The first-order valence-electron chi connectivity index (χ1n) is 3.50.